The van der Waals surface area contributed by atoms with Crippen LogP contribution in [0.5, 0.6) is 0 Å². The van der Waals surface area contributed by atoms with E-state index >= 15 is 0 Å². The Morgan fingerprint density at radius 2 is 1.17 bits per heavy atom. The van der Waals surface area contributed by atoms with Crippen molar-refractivity contribution in [3.63, 3.8) is 0 Å². The zero-order valence-electron chi connectivity index (χ0n) is 4.82. The van der Waals surface area contributed by atoms with E-state index in [1.807, 2.05) is 0 Å². The third kappa shape index (κ3) is 119. The molecule has 0 atom stereocenters. The first kappa shape index (κ1) is 9.89. The third-order valence-corrected chi connectivity index (χ3v) is 0. The molecule has 0 bridgehead atoms. The summed E-state index contributed by atoms with van der Waals surface area (Å²) >= 11 is 0. The van der Waals surface area contributed by atoms with Crippen LogP contribution >= 0.6 is 0 Å². The van der Waals surface area contributed by atoms with Crippen LogP contribution < -0.4 is 18.9 Å². The molecule has 0 unspecified atom stereocenters. The second-order valence-electron chi connectivity index (χ2n) is 1.72. The molecule has 3 heteroatoms. The van der Waals surface area contributed by atoms with Crippen LogP contribution in [-0.4, -0.2) is 18.8 Å². The topological polar surface area (TPSA) is 17.1 Å². The minimum atomic E-state index is -1.42. The minimum Gasteiger partial charge on any atom is -0.107 e. The second-order valence-corrected chi connectivity index (χ2v) is 5.17. The second kappa shape index (κ2) is 2.85. The molecule has 0 aliphatic heterocycles. The molecule has 0 saturated carbocycles. The first-order valence-electron chi connectivity index (χ1n) is 1.39. The van der Waals surface area contributed by atoms with Crippen molar-refractivity contribution in [3.8, 4) is 0 Å². The molecule has 0 aromatic heterocycles. The van der Waals surface area contributed by atoms with Gasteiger partial charge in [-0.25, -0.2) is 0 Å². The smallest absolute Gasteiger partial charge is 0.107 e. The molecule has 0 amide bonds. The fraction of sp³-hybridized carbons (Fsp3) is 1.00. The molecule has 0 N–H and O–H groups in total. The van der Waals surface area contributed by atoms with Crippen molar-refractivity contribution in [1.82, 2.24) is 0 Å². The predicted octanol–water partition coefficient (Wildman–Crippen LogP) is -2.62. The molecular weight excluding hydrogens is 91.0 g/mol. The van der Waals surface area contributed by atoms with Gasteiger partial charge in [-0.3, -0.25) is 0 Å². The molecule has 0 saturated heterocycles. The fourth-order valence-corrected chi connectivity index (χ4v) is 0. The average Bonchev–Trinajstić information content (AvgIpc) is 0.722. The van der Waals surface area contributed by atoms with E-state index < -0.39 is 9.93 Å². The predicted molar refractivity (Wildman–Crippen MR) is 25.8 cm³/mol. The fourth-order valence-electron chi connectivity index (χ4n) is 0. The first-order valence-corrected chi connectivity index (χ1v) is 4.17. The van der Waals surface area contributed by atoms with E-state index in [1.54, 1.807) is 18.8 Å². The quantitative estimate of drug-likeness (QED) is 0.240. The Kier molecular flexibility index (Phi) is 4.69. The summed E-state index contributed by atoms with van der Waals surface area (Å²) in [6.07, 6.45) is 5.15. The Hall–Kier alpha value is 0.747. The maximum atomic E-state index is 10.2. The van der Waals surface area contributed by atoms with Crippen molar-refractivity contribution in [2.45, 2.75) is 0 Å². The third-order valence-electron chi connectivity index (χ3n) is 0. The monoisotopic (exact) mass is 100 g/mol. The minimum absolute atomic E-state index is 0. The Balaban J connectivity index is 0. The summed E-state index contributed by atoms with van der Waals surface area (Å²) in [6, 6.07) is 0. The summed E-state index contributed by atoms with van der Waals surface area (Å²) in [5.74, 6) is 0. The average molecular weight is 100 g/mol. The summed E-state index contributed by atoms with van der Waals surface area (Å²) in [5.41, 5.74) is 0. The van der Waals surface area contributed by atoms with E-state index in [2.05, 4.69) is 0 Å². The summed E-state index contributed by atoms with van der Waals surface area (Å²) in [4.78, 5) is 0. The standard InChI is InChI=1S/C3H9OS.Li/c1-5(2,3)4;/h1-3H3;/q2*+1. The van der Waals surface area contributed by atoms with Crippen molar-refractivity contribution < 1.29 is 23.1 Å². The zero-order valence-corrected chi connectivity index (χ0v) is 5.63. The van der Waals surface area contributed by atoms with Crippen molar-refractivity contribution in [1.29, 1.82) is 0 Å². The van der Waals surface area contributed by atoms with E-state index in [-0.39, 0.29) is 18.9 Å². The van der Waals surface area contributed by atoms with Gasteiger partial charge in [-0.1, -0.05) is 0 Å². The van der Waals surface area contributed by atoms with Gasteiger partial charge in [-0.15, -0.1) is 4.21 Å². The Labute approximate surface area is 52.1 Å². The van der Waals surface area contributed by atoms with Gasteiger partial charge >= 0.3 is 18.9 Å². The van der Waals surface area contributed by atoms with Gasteiger partial charge in [0.05, 0.1) is 9.93 Å². The largest absolute Gasteiger partial charge is 1.00 e. The van der Waals surface area contributed by atoms with Gasteiger partial charge in [-0.05, 0) is 0 Å². The SMILES string of the molecule is C[S+](C)(C)=O.[Li+]. The van der Waals surface area contributed by atoms with Gasteiger partial charge in [0.15, 0.2) is 0 Å². The molecule has 0 aromatic rings. The van der Waals surface area contributed by atoms with E-state index in [9.17, 15) is 4.21 Å². The van der Waals surface area contributed by atoms with Gasteiger partial charge in [0.25, 0.3) is 0 Å². The van der Waals surface area contributed by atoms with Crippen LogP contribution in [0.4, 0.5) is 0 Å². The molecule has 0 heterocycles. The normalized spacial score (nSPS) is 9.83. The van der Waals surface area contributed by atoms with Crippen molar-refractivity contribution in [2.24, 2.45) is 0 Å². The summed E-state index contributed by atoms with van der Waals surface area (Å²) in [5, 5.41) is 0. The van der Waals surface area contributed by atoms with Gasteiger partial charge in [0.1, 0.15) is 18.8 Å². The van der Waals surface area contributed by atoms with Crippen molar-refractivity contribution >= 4 is 9.93 Å². The molecular formula is C3H9LiOS+2. The molecule has 32 valence electrons. The van der Waals surface area contributed by atoms with Crippen LogP contribution in [0.25, 0.3) is 0 Å². The number of rotatable bonds is 0. The van der Waals surface area contributed by atoms with Crippen LogP contribution in [0, 0.1) is 0 Å². The maximum absolute atomic E-state index is 10.2. The summed E-state index contributed by atoms with van der Waals surface area (Å²) in [6.45, 7) is 0. The number of hydrogen-bond donors (Lipinski definition) is 0. The maximum Gasteiger partial charge on any atom is 1.00 e. The van der Waals surface area contributed by atoms with Crippen LogP contribution in [-0.2, 0) is 14.1 Å². The van der Waals surface area contributed by atoms with E-state index in [1.165, 1.54) is 0 Å². The first-order chi connectivity index (χ1) is 2.00. The zero-order chi connectivity index (χ0) is 4.50. The van der Waals surface area contributed by atoms with E-state index in [4.69, 9.17) is 0 Å². The molecule has 0 rings (SSSR count). The van der Waals surface area contributed by atoms with E-state index in [0.29, 0.717) is 0 Å². The van der Waals surface area contributed by atoms with Crippen LogP contribution in [0.2, 0.25) is 0 Å². The summed E-state index contributed by atoms with van der Waals surface area (Å²) < 4.78 is 10.2. The molecule has 0 radical (unpaired) electrons. The van der Waals surface area contributed by atoms with Gasteiger partial charge < -0.3 is 0 Å². The van der Waals surface area contributed by atoms with Crippen LogP contribution in [0.1, 0.15) is 0 Å². The Morgan fingerprint density at radius 1 is 1.17 bits per heavy atom. The van der Waals surface area contributed by atoms with Crippen molar-refractivity contribution in [2.75, 3.05) is 18.8 Å². The molecule has 0 spiro atoms. The number of hydrogen-bond acceptors (Lipinski definition) is 1. The molecule has 6 heavy (non-hydrogen) atoms. The molecule has 0 fully saturated rings. The van der Waals surface area contributed by atoms with Gasteiger partial charge in [0.2, 0.25) is 0 Å². The van der Waals surface area contributed by atoms with Crippen molar-refractivity contribution in [3.05, 3.63) is 0 Å². The van der Waals surface area contributed by atoms with Crippen LogP contribution in [0.15, 0.2) is 0 Å². The van der Waals surface area contributed by atoms with Crippen LogP contribution in [0.3, 0.4) is 0 Å². The molecule has 0 aromatic carbocycles. The van der Waals surface area contributed by atoms with Gasteiger partial charge in [0, 0.05) is 0 Å². The Morgan fingerprint density at radius 3 is 1.17 bits per heavy atom. The Bertz CT molecular complexity index is 56.9. The van der Waals surface area contributed by atoms with Gasteiger partial charge in [-0.2, -0.15) is 0 Å². The molecule has 0 aliphatic rings. The molecule has 1 nitrogen and oxygen atoms in total. The summed E-state index contributed by atoms with van der Waals surface area (Å²) in [7, 11) is -1.42. The van der Waals surface area contributed by atoms with E-state index in [0.717, 1.165) is 0 Å². The molecule has 0 aliphatic carbocycles.